The Morgan fingerprint density at radius 1 is 1.16 bits per heavy atom. The van der Waals surface area contributed by atoms with Gasteiger partial charge in [-0.2, -0.15) is 16.9 Å². The number of hydrogen-bond donors (Lipinski definition) is 1. The highest BCUT2D eigenvalue weighted by Crippen LogP contribution is 2.36. The molecule has 1 amide bonds. The van der Waals surface area contributed by atoms with Crippen molar-refractivity contribution in [2.24, 2.45) is 0 Å². The minimum absolute atomic E-state index is 0.166. The van der Waals surface area contributed by atoms with Crippen molar-refractivity contribution in [3.63, 3.8) is 0 Å². The van der Waals surface area contributed by atoms with Crippen molar-refractivity contribution in [2.75, 3.05) is 5.32 Å². The predicted molar refractivity (Wildman–Crippen MR) is 97.7 cm³/mol. The minimum Gasteiger partial charge on any atom is -0.306 e. The van der Waals surface area contributed by atoms with Gasteiger partial charge in [0.2, 0.25) is 0 Å². The van der Waals surface area contributed by atoms with E-state index in [0.717, 1.165) is 34.0 Å². The number of thioether (sulfide) groups is 1. The van der Waals surface area contributed by atoms with E-state index in [1.54, 1.807) is 34.6 Å². The van der Waals surface area contributed by atoms with Gasteiger partial charge in [-0.05, 0) is 42.8 Å². The number of nitrogens with one attached hydrogen (secondary N) is 1. The zero-order valence-corrected chi connectivity index (χ0v) is 14.4. The zero-order chi connectivity index (χ0) is 17.4. The van der Waals surface area contributed by atoms with Crippen molar-refractivity contribution in [3.8, 4) is 5.69 Å². The van der Waals surface area contributed by atoms with Gasteiger partial charge in [0.05, 0.1) is 11.4 Å². The van der Waals surface area contributed by atoms with Crippen molar-refractivity contribution in [1.29, 1.82) is 0 Å². The van der Waals surface area contributed by atoms with E-state index in [2.05, 4.69) is 10.4 Å². The molecule has 0 spiro atoms. The van der Waals surface area contributed by atoms with Gasteiger partial charge in [0.15, 0.2) is 0 Å². The molecule has 0 atom stereocenters. The van der Waals surface area contributed by atoms with Gasteiger partial charge in [0.25, 0.3) is 5.91 Å². The van der Waals surface area contributed by atoms with Crippen LogP contribution in [0.1, 0.15) is 27.2 Å². The fourth-order valence-corrected chi connectivity index (χ4v) is 3.95. The molecule has 1 aliphatic heterocycles. The first kappa shape index (κ1) is 15.9. The SMILES string of the molecule is Cc1ccccc1C(=O)Nc1c2c(nn1-c1ccc(F)cc1)CSC2. The predicted octanol–water partition coefficient (Wildman–Crippen LogP) is 4.32. The normalized spacial score (nSPS) is 12.9. The third-order valence-electron chi connectivity index (χ3n) is 4.24. The van der Waals surface area contributed by atoms with Crippen molar-refractivity contribution >= 4 is 23.5 Å². The van der Waals surface area contributed by atoms with Crippen LogP contribution in [0.3, 0.4) is 0 Å². The summed E-state index contributed by atoms with van der Waals surface area (Å²) in [6.07, 6.45) is 0. The molecule has 0 unspecified atom stereocenters. The number of benzene rings is 2. The molecular weight excluding hydrogens is 337 g/mol. The molecule has 6 heteroatoms. The molecule has 126 valence electrons. The quantitative estimate of drug-likeness (QED) is 0.763. The Kier molecular flexibility index (Phi) is 4.05. The van der Waals surface area contributed by atoms with E-state index in [9.17, 15) is 9.18 Å². The number of aromatic nitrogens is 2. The monoisotopic (exact) mass is 353 g/mol. The van der Waals surface area contributed by atoms with Crippen LogP contribution in [-0.4, -0.2) is 15.7 Å². The summed E-state index contributed by atoms with van der Waals surface area (Å²) in [5.74, 6) is 1.82. The van der Waals surface area contributed by atoms with Crippen LogP contribution in [0.2, 0.25) is 0 Å². The second-order valence-electron chi connectivity index (χ2n) is 5.92. The molecule has 0 saturated heterocycles. The van der Waals surface area contributed by atoms with Gasteiger partial charge < -0.3 is 5.32 Å². The van der Waals surface area contributed by atoms with Gasteiger partial charge in [-0.25, -0.2) is 9.07 Å². The summed E-state index contributed by atoms with van der Waals surface area (Å²) in [7, 11) is 0. The van der Waals surface area contributed by atoms with E-state index < -0.39 is 0 Å². The van der Waals surface area contributed by atoms with Crippen LogP contribution < -0.4 is 5.32 Å². The molecule has 0 saturated carbocycles. The van der Waals surface area contributed by atoms with Crippen molar-refractivity contribution < 1.29 is 9.18 Å². The van der Waals surface area contributed by atoms with E-state index in [0.29, 0.717) is 11.4 Å². The van der Waals surface area contributed by atoms with Crippen molar-refractivity contribution in [2.45, 2.75) is 18.4 Å². The lowest BCUT2D eigenvalue weighted by atomic mass is 10.1. The average molecular weight is 353 g/mol. The third kappa shape index (κ3) is 2.93. The highest BCUT2D eigenvalue weighted by Gasteiger charge is 2.25. The first-order valence-electron chi connectivity index (χ1n) is 7.95. The highest BCUT2D eigenvalue weighted by atomic mass is 32.2. The van der Waals surface area contributed by atoms with Gasteiger partial charge in [0, 0.05) is 22.6 Å². The van der Waals surface area contributed by atoms with Crippen molar-refractivity contribution in [1.82, 2.24) is 9.78 Å². The second-order valence-corrected chi connectivity index (χ2v) is 6.91. The maximum atomic E-state index is 13.2. The van der Waals surface area contributed by atoms with Crippen LogP contribution in [-0.2, 0) is 11.5 Å². The van der Waals surface area contributed by atoms with E-state index in [-0.39, 0.29) is 11.7 Å². The molecule has 4 nitrogen and oxygen atoms in total. The standard InChI is InChI=1S/C19H16FN3OS/c1-12-4-2-3-5-15(12)19(24)21-18-16-10-25-11-17(16)22-23(18)14-8-6-13(20)7-9-14/h2-9H,10-11H2,1H3,(H,21,24). The largest absolute Gasteiger partial charge is 0.306 e. The van der Waals surface area contributed by atoms with E-state index in [1.807, 2.05) is 25.1 Å². The molecule has 0 bridgehead atoms. The zero-order valence-electron chi connectivity index (χ0n) is 13.6. The second kappa shape index (κ2) is 6.37. The highest BCUT2D eigenvalue weighted by molar-refractivity contribution is 7.98. The van der Waals surface area contributed by atoms with Crippen molar-refractivity contribution in [3.05, 3.63) is 76.7 Å². The summed E-state index contributed by atoms with van der Waals surface area (Å²) in [5, 5.41) is 7.63. The first-order valence-corrected chi connectivity index (χ1v) is 9.10. The van der Waals surface area contributed by atoms with E-state index in [4.69, 9.17) is 0 Å². The summed E-state index contributed by atoms with van der Waals surface area (Å²) in [6, 6.07) is 13.6. The first-order chi connectivity index (χ1) is 12.1. The molecule has 2 aromatic carbocycles. The Morgan fingerprint density at radius 2 is 1.92 bits per heavy atom. The molecule has 2 heterocycles. The maximum Gasteiger partial charge on any atom is 0.257 e. The fraction of sp³-hybridized carbons (Fsp3) is 0.158. The minimum atomic E-state index is -0.301. The smallest absolute Gasteiger partial charge is 0.257 e. The summed E-state index contributed by atoms with van der Waals surface area (Å²) in [5.41, 5.74) is 4.28. The van der Waals surface area contributed by atoms with Gasteiger partial charge in [-0.1, -0.05) is 18.2 Å². The molecular formula is C19H16FN3OS. The molecule has 1 N–H and O–H groups in total. The summed E-state index contributed by atoms with van der Waals surface area (Å²) in [4.78, 5) is 12.8. The molecule has 25 heavy (non-hydrogen) atoms. The number of amides is 1. The van der Waals surface area contributed by atoms with Crippen LogP contribution in [0.4, 0.5) is 10.2 Å². The number of rotatable bonds is 3. The fourth-order valence-electron chi connectivity index (χ4n) is 2.91. The Balaban J connectivity index is 1.75. The summed E-state index contributed by atoms with van der Waals surface area (Å²) in [6.45, 7) is 1.91. The van der Waals surface area contributed by atoms with E-state index in [1.165, 1.54) is 12.1 Å². The van der Waals surface area contributed by atoms with Gasteiger partial charge >= 0.3 is 0 Å². The molecule has 1 aromatic heterocycles. The number of carbonyl (C=O) groups is 1. The van der Waals surface area contributed by atoms with Crippen LogP contribution >= 0.6 is 11.8 Å². The van der Waals surface area contributed by atoms with Crippen LogP contribution in [0.25, 0.3) is 5.69 Å². The Morgan fingerprint density at radius 3 is 2.68 bits per heavy atom. The van der Waals surface area contributed by atoms with Crippen LogP contribution in [0.5, 0.6) is 0 Å². The topological polar surface area (TPSA) is 46.9 Å². The molecule has 3 aromatic rings. The van der Waals surface area contributed by atoms with Crippen LogP contribution in [0.15, 0.2) is 48.5 Å². The Hall–Kier alpha value is -2.60. The number of aryl methyl sites for hydroxylation is 1. The average Bonchev–Trinajstić information content (AvgIpc) is 3.19. The molecule has 1 aliphatic rings. The molecule has 0 radical (unpaired) electrons. The number of anilines is 1. The molecule has 0 fully saturated rings. The molecule has 0 aliphatic carbocycles. The van der Waals surface area contributed by atoms with E-state index >= 15 is 0 Å². The number of fused-ring (bicyclic) bond motifs is 1. The van der Waals surface area contributed by atoms with Gasteiger partial charge in [-0.3, -0.25) is 4.79 Å². The lowest BCUT2D eigenvalue weighted by molar-refractivity contribution is 0.102. The molecule has 4 rings (SSSR count). The third-order valence-corrected chi connectivity index (χ3v) is 5.22. The number of halogens is 1. The summed E-state index contributed by atoms with van der Waals surface area (Å²) >= 11 is 1.77. The maximum absolute atomic E-state index is 13.2. The Bertz CT molecular complexity index is 950. The number of nitrogens with zero attached hydrogens (tertiary/aromatic N) is 2. The van der Waals surface area contributed by atoms with Gasteiger partial charge in [-0.15, -0.1) is 0 Å². The lowest BCUT2D eigenvalue weighted by Crippen LogP contribution is -2.17. The summed E-state index contributed by atoms with van der Waals surface area (Å²) < 4.78 is 14.9. The van der Waals surface area contributed by atoms with Crippen LogP contribution in [0, 0.1) is 12.7 Å². The number of carbonyl (C=O) groups excluding carboxylic acids is 1. The number of hydrogen-bond acceptors (Lipinski definition) is 3. The lowest BCUT2D eigenvalue weighted by Gasteiger charge is -2.12. The Labute approximate surface area is 149 Å². The van der Waals surface area contributed by atoms with Gasteiger partial charge in [0.1, 0.15) is 11.6 Å².